The molecule has 5 nitrogen and oxygen atoms in total. The summed E-state index contributed by atoms with van der Waals surface area (Å²) in [6.07, 6.45) is 0. The van der Waals surface area contributed by atoms with E-state index in [-0.39, 0.29) is 24.5 Å². The first kappa shape index (κ1) is 22.9. The number of hydrogen-bond acceptors (Lipinski definition) is 3. The van der Waals surface area contributed by atoms with Crippen LogP contribution in [0.2, 0.25) is 0 Å². The van der Waals surface area contributed by atoms with Gasteiger partial charge in [0, 0.05) is 17.1 Å². The molecule has 2 amide bonds. The van der Waals surface area contributed by atoms with Crippen LogP contribution in [0, 0.1) is 13.8 Å². The molecule has 0 aliphatic heterocycles. The third-order valence-corrected chi connectivity index (χ3v) is 5.02. The van der Waals surface area contributed by atoms with E-state index in [1.165, 1.54) is 0 Å². The minimum absolute atomic E-state index is 0.000713. The molecule has 0 saturated heterocycles. The van der Waals surface area contributed by atoms with E-state index in [2.05, 4.69) is 21.2 Å². The van der Waals surface area contributed by atoms with Crippen molar-refractivity contribution in [1.29, 1.82) is 0 Å². The van der Waals surface area contributed by atoms with E-state index < -0.39 is 6.04 Å². The molecule has 6 heteroatoms. The molecule has 0 aliphatic rings. The number of nitrogens with one attached hydrogen (secondary N) is 1. The van der Waals surface area contributed by atoms with Gasteiger partial charge >= 0.3 is 0 Å². The number of aryl methyl sites for hydroxylation is 2. The van der Waals surface area contributed by atoms with E-state index in [0.29, 0.717) is 12.3 Å². The molecule has 0 spiro atoms. The Morgan fingerprint density at radius 1 is 1.10 bits per heavy atom. The molecule has 0 aliphatic carbocycles. The summed E-state index contributed by atoms with van der Waals surface area (Å²) in [5.74, 6) is 0.247. The van der Waals surface area contributed by atoms with Crippen molar-refractivity contribution in [3.63, 3.8) is 0 Å². The summed E-state index contributed by atoms with van der Waals surface area (Å²) in [4.78, 5) is 27.2. The molecule has 29 heavy (non-hydrogen) atoms. The number of rotatable bonds is 8. The number of hydrogen-bond donors (Lipinski definition) is 1. The standard InChI is InChI=1S/C23H29BrN2O3/c1-15(2)25-23(28)18(5)26(13-19-7-6-8-20(24)12-19)22(27)14-29-21-10-9-16(3)11-17(21)4/h6-12,15,18H,13-14H2,1-5H3,(H,25,28)/t18-/m1/s1. The highest BCUT2D eigenvalue weighted by Gasteiger charge is 2.27. The van der Waals surface area contributed by atoms with Crippen LogP contribution in [0.1, 0.15) is 37.5 Å². The van der Waals surface area contributed by atoms with Gasteiger partial charge in [-0.25, -0.2) is 0 Å². The average Bonchev–Trinajstić information content (AvgIpc) is 2.64. The van der Waals surface area contributed by atoms with Crippen LogP contribution in [0.4, 0.5) is 0 Å². The van der Waals surface area contributed by atoms with Crippen molar-refractivity contribution in [1.82, 2.24) is 10.2 Å². The average molecular weight is 461 g/mol. The monoisotopic (exact) mass is 460 g/mol. The van der Waals surface area contributed by atoms with Crippen LogP contribution in [0.25, 0.3) is 0 Å². The van der Waals surface area contributed by atoms with Gasteiger partial charge in [0.05, 0.1) is 0 Å². The number of carbonyl (C=O) groups excluding carboxylic acids is 2. The Hall–Kier alpha value is -2.34. The van der Waals surface area contributed by atoms with Gasteiger partial charge in [-0.2, -0.15) is 0 Å². The molecule has 0 heterocycles. The highest BCUT2D eigenvalue weighted by molar-refractivity contribution is 9.10. The van der Waals surface area contributed by atoms with Crippen LogP contribution in [-0.2, 0) is 16.1 Å². The van der Waals surface area contributed by atoms with Gasteiger partial charge in [-0.15, -0.1) is 0 Å². The molecule has 2 rings (SSSR count). The van der Waals surface area contributed by atoms with Gasteiger partial charge < -0.3 is 15.0 Å². The summed E-state index contributed by atoms with van der Waals surface area (Å²) in [5, 5.41) is 2.88. The first-order chi connectivity index (χ1) is 13.7. The van der Waals surface area contributed by atoms with E-state index >= 15 is 0 Å². The predicted molar refractivity (Wildman–Crippen MR) is 119 cm³/mol. The zero-order chi connectivity index (χ0) is 21.6. The molecule has 1 atom stereocenters. The van der Waals surface area contributed by atoms with Crippen molar-refractivity contribution in [2.45, 2.75) is 53.2 Å². The molecule has 0 unspecified atom stereocenters. The fourth-order valence-electron chi connectivity index (χ4n) is 3.00. The zero-order valence-corrected chi connectivity index (χ0v) is 19.2. The molecule has 0 saturated carbocycles. The van der Waals surface area contributed by atoms with Crippen molar-refractivity contribution in [3.05, 3.63) is 63.6 Å². The fraction of sp³-hybridized carbons (Fsp3) is 0.391. The minimum Gasteiger partial charge on any atom is -0.483 e. The Balaban J connectivity index is 2.17. The second kappa shape index (κ2) is 10.4. The zero-order valence-electron chi connectivity index (χ0n) is 17.7. The summed E-state index contributed by atoms with van der Waals surface area (Å²) < 4.78 is 6.70. The molecular weight excluding hydrogens is 432 g/mol. The molecular formula is C23H29BrN2O3. The van der Waals surface area contributed by atoms with Gasteiger partial charge in [0.15, 0.2) is 6.61 Å². The van der Waals surface area contributed by atoms with Crippen molar-refractivity contribution in [3.8, 4) is 5.75 Å². The molecule has 1 N–H and O–H groups in total. The summed E-state index contributed by atoms with van der Waals surface area (Å²) in [6.45, 7) is 9.69. The molecule has 2 aromatic rings. The smallest absolute Gasteiger partial charge is 0.261 e. The van der Waals surface area contributed by atoms with Crippen LogP contribution in [-0.4, -0.2) is 35.4 Å². The topological polar surface area (TPSA) is 58.6 Å². The fourth-order valence-corrected chi connectivity index (χ4v) is 3.45. The number of amides is 2. The van der Waals surface area contributed by atoms with E-state index in [9.17, 15) is 9.59 Å². The van der Waals surface area contributed by atoms with E-state index in [0.717, 1.165) is 21.2 Å². The Bertz CT molecular complexity index is 867. The van der Waals surface area contributed by atoms with Crippen molar-refractivity contribution >= 4 is 27.7 Å². The number of benzene rings is 2. The largest absolute Gasteiger partial charge is 0.483 e. The van der Waals surface area contributed by atoms with Gasteiger partial charge in [-0.05, 0) is 63.9 Å². The number of nitrogens with zero attached hydrogens (tertiary/aromatic N) is 1. The van der Waals surface area contributed by atoms with Gasteiger partial charge in [-0.3, -0.25) is 9.59 Å². The minimum atomic E-state index is -0.619. The second-order valence-corrected chi connectivity index (χ2v) is 8.46. The highest BCUT2D eigenvalue weighted by atomic mass is 79.9. The van der Waals surface area contributed by atoms with Gasteiger partial charge in [-0.1, -0.05) is 45.8 Å². The normalized spacial score (nSPS) is 11.8. The lowest BCUT2D eigenvalue weighted by atomic mass is 10.1. The van der Waals surface area contributed by atoms with E-state index in [1.54, 1.807) is 11.8 Å². The maximum atomic E-state index is 13.0. The Morgan fingerprint density at radius 2 is 1.83 bits per heavy atom. The SMILES string of the molecule is Cc1ccc(OCC(=O)N(Cc2cccc(Br)c2)[C@H](C)C(=O)NC(C)C)c(C)c1. The number of carbonyl (C=O) groups is 2. The number of ether oxygens (including phenoxy) is 1. The maximum Gasteiger partial charge on any atom is 0.261 e. The third kappa shape index (κ3) is 6.89. The van der Waals surface area contributed by atoms with Gasteiger partial charge in [0.2, 0.25) is 5.91 Å². The summed E-state index contributed by atoms with van der Waals surface area (Å²) in [6, 6.07) is 12.9. The van der Waals surface area contributed by atoms with Crippen LogP contribution in [0.15, 0.2) is 46.9 Å². The summed E-state index contributed by atoms with van der Waals surface area (Å²) in [7, 11) is 0. The molecule has 0 bridgehead atoms. The molecule has 0 aromatic heterocycles. The Morgan fingerprint density at radius 3 is 2.45 bits per heavy atom. The van der Waals surface area contributed by atoms with Crippen LogP contribution in [0.5, 0.6) is 5.75 Å². The first-order valence-corrected chi connectivity index (χ1v) is 10.5. The second-order valence-electron chi connectivity index (χ2n) is 7.55. The first-order valence-electron chi connectivity index (χ1n) is 9.71. The van der Waals surface area contributed by atoms with Gasteiger partial charge in [0.25, 0.3) is 5.91 Å². The van der Waals surface area contributed by atoms with Crippen molar-refractivity contribution in [2.24, 2.45) is 0 Å². The van der Waals surface area contributed by atoms with Crippen LogP contribution in [0.3, 0.4) is 0 Å². The summed E-state index contributed by atoms with van der Waals surface area (Å²) >= 11 is 3.46. The lowest BCUT2D eigenvalue weighted by Crippen LogP contribution is -2.50. The van der Waals surface area contributed by atoms with E-state index in [1.807, 2.05) is 70.2 Å². The van der Waals surface area contributed by atoms with Crippen molar-refractivity contribution in [2.75, 3.05) is 6.61 Å². The lowest BCUT2D eigenvalue weighted by molar-refractivity contribution is -0.142. The summed E-state index contributed by atoms with van der Waals surface area (Å²) in [5.41, 5.74) is 3.04. The van der Waals surface area contributed by atoms with Crippen LogP contribution >= 0.6 is 15.9 Å². The number of halogens is 1. The van der Waals surface area contributed by atoms with E-state index in [4.69, 9.17) is 4.74 Å². The van der Waals surface area contributed by atoms with Crippen molar-refractivity contribution < 1.29 is 14.3 Å². The maximum absolute atomic E-state index is 13.0. The molecule has 0 fully saturated rings. The lowest BCUT2D eigenvalue weighted by Gasteiger charge is -2.29. The predicted octanol–water partition coefficient (Wildman–Crippen LogP) is 4.39. The molecule has 0 radical (unpaired) electrons. The Kier molecular flexibility index (Phi) is 8.26. The molecule has 2 aromatic carbocycles. The molecule has 156 valence electrons. The third-order valence-electron chi connectivity index (χ3n) is 4.52. The highest BCUT2D eigenvalue weighted by Crippen LogP contribution is 2.20. The Labute approximate surface area is 181 Å². The quantitative estimate of drug-likeness (QED) is 0.635. The van der Waals surface area contributed by atoms with Gasteiger partial charge in [0.1, 0.15) is 11.8 Å². The van der Waals surface area contributed by atoms with Crippen LogP contribution < -0.4 is 10.1 Å².